The molecular weight excluding hydrogens is 331 g/mol. The molecule has 0 aliphatic carbocycles. The molecule has 2 rings (SSSR count). The van der Waals surface area contributed by atoms with Crippen molar-refractivity contribution in [2.45, 2.75) is 17.9 Å². The molecule has 2 aromatic rings. The number of halogens is 3. The van der Waals surface area contributed by atoms with E-state index >= 15 is 0 Å². The van der Waals surface area contributed by atoms with Crippen LogP contribution in [0.5, 0.6) is 0 Å². The van der Waals surface area contributed by atoms with Gasteiger partial charge < -0.3 is 5.11 Å². The average Bonchev–Trinajstić information content (AvgIpc) is 2.44. The Labute approximate surface area is 131 Å². The lowest BCUT2D eigenvalue weighted by Gasteiger charge is -2.15. The van der Waals surface area contributed by atoms with Crippen molar-refractivity contribution in [2.75, 3.05) is 6.54 Å². The second-order valence-corrected chi connectivity index (χ2v) is 6.65. The molecule has 4 nitrogen and oxygen atoms in total. The Hall–Kier alpha value is -1.90. The summed E-state index contributed by atoms with van der Waals surface area (Å²) in [7, 11) is -4.06. The molecule has 2 N–H and O–H groups in total. The lowest BCUT2D eigenvalue weighted by Crippen LogP contribution is -2.29. The number of benzene rings is 2. The van der Waals surface area contributed by atoms with E-state index in [4.69, 9.17) is 0 Å². The third-order valence-corrected chi connectivity index (χ3v) is 4.81. The first-order valence-electron chi connectivity index (χ1n) is 6.60. The fraction of sp³-hybridized carbons (Fsp3) is 0.200. The smallest absolute Gasteiger partial charge is 0.240 e. The van der Waals surface area contributed by atoms with Gasteiger partial charge in [0, 0.05) is 6.54 Å². The zero-order valence-corrected chi connectivity index (χ0v) is 12.9. The van der Waals surface area contributed by atoms with Crippen LogP contribution in [0.3, 0.4) is 0 Å². The summed E-state index contributed by atoms with van der Waals surface area (Å²) in [6, 6.07) is 6.15. The van der Waals surface area contributed by atoms with Crippen LogP contribution in [-0.4, -0.2) is 20.1 Å². The predicted molar refractivity (Wildman–Crippen MR) is 77.6 cm³/mol. The maximum absolute atomic E-state index is 13.5. The molecule has 8 heteroatoms. The van der Waals surface area contributed by atoms with Crippen molar-refractivity contribution in [2.24, 2.45) is 0 Å². The van der Waals surface area contributed by atoms with Crippen LogP contribution in [0.1, 0.15) is 17.2 Å². The summed E-state index contributed by atoms with van der Waals surface area (Å²) in [5, 5.41) is 9.84. The molecule has 0 spiro atoms. The van der Waals surface area contributed by atoms with Crippen LogP contribution in [0.25, 0.3) is 0 Å². The van der Waals surface area contributed by atoms with Crippen molar-refractivity contribution in [3.8, 4) is 0 Å². The summed E-state index contributed by atoms with van der Waals surface area (Å²) in [6.45, 7) is 0.779. The number of hydrogen-bond donors (Lipinski definition) is 2. The first-order valence-corrected chi connectivity index (χ1v) is 8.08. The van der Waals surface area contributed by atoms with E-state index in [1.165, 1.54) is 6.92 Å². The van der Waals surface area contributed by atoms with Crippen molar-refractivity contribution in [1.82, 2.24) is 4.72 Å². The molecule has 0 radical (unpaired) electrons. The third kappa shape index (κ3) is 3.90. The van der Waals surface area contributed by atoms with Gasteiger partial charge in [-0.1, -0.05) is 6.07 Å². The average molecular weight is 345 g/mol. The number of nitrogens with one attached hydrogen (secondary N) is 1. The Balaban J connectivity index is 2.19. The number of aliphatic hydroxyl groups is 1. The molecule has 0 saturated carbocycles. The van der Waals surface area contributed by atoms with E-state index in [0.717, 1.165) is 36.4 Å². The SMILES string of the molecule is Cc1cc(F)ccc1S(=O)(=O)NCC(O)c1c(F)cccc1F. The van der Waals surface area contributed by atoms with Crippen molar-refractivity contribution in [3.05, 3.63) is 65.0 Å². The Morgan fingerprint density at radius 3 is 2.30 bits per heavy atom. The second kappa shape index (κ2) is 6.69. The summed E-state index contributed by atoms with van der Waals surface area (Å²) >= 11 is 0. The van der Waals surface area contributed by atoms with Gasteiger partial charge in [0.05, 0.1) is 16.6 Å². The quantitative estimate of drug-likeness (QED) is 0.875. The molecule has 1 atom stereocenters. The fourth-order valence-electron chi connectivity index (χ4n) is 2.11. The fourth-order valence-corrected chi connectivity index (χ4v) is 3.37. The van der Waals surface area contributed by atoms with Crippen LogP contribution >= 0.6 is 0 Å². The molecule has 1 unspecified atom stereocenters. The van der Waals surface area contributed by atoms with Gasteiger partial charge in [0.25, 0.3) is 0 Å². The molecule has 0 fully saturated rings. The molecule has 0 aliphatic rings. The summed E-state index contributed by atoms with van der Waals surface area (Å²) in [4.78, 5) is -0.180. The van der Waals surface area contributed by atoms with Crippen molar-refractivity contribution in [3.63, 3.8) is 0 Å². The normalized spacial score (nSPS) is 13.1. The molecule has 0 heterocycles. The van der Waals surface area contributed by atoms with Gasteiger partial charge in [-0.2, -0.15) is 0 Å². The minimum atomic E-state index is -4.06. The van der Waals surface area contributed by atoms with Gasteiger partial charge in [0.2, 0.25) is 10.0 Å². The highest BCUT2D eigenvalue weighted by atomic mass is 32.2. The number of aryl methyl sites for hydroxylation is 1. The van der Waals surface area contributed by atoms with Gasteiger partial charge in [-0.05, 0) is 42.8 Å². The highest BCUT2D eigenvalue weighted by Crippen LogP contribution is 2.21. The van der Waals surface area contributed by atoms with Gasteiger partial charge in [-0.15, -0.1) is 0 Å². The number of hydrogen-bond acceptors (Lipinski definition) is 3. The summed E-state index contributed by atoms with van der Waals surface area (Å²) < 4.78 is 66.4. The topological polar surface area (TPSA) is 66.4 Å². The lowest BCUT2D eigenvalue weighted by molar-refractivity contribution is 0.172. The second-order valence-electron chi connectivity index (χ2n) is 4.91. The number of sulfonamides is 1. The molecule has 2 aromatic carbocycles. The van der Waals surface area contributed by atoms with Crippen LogP contribution in [0.15, 0.2) is 41.3 Å². The van der Waals surface area contributed by atoms with E-state index in [1.54, 1.807) is 0 Å². The molecule has 124 valence electrons. The number of rotatable bonds is 5. The predicted octanol–water partition coefficient (Wildman–Crippen LogP) is 2.42. The first kappa shape index (κ1) is 17.5. The summed E-state index contributed by atoms with van der Waals surface area (Å²) in [6.07, 6.45) is -1.70. The third-order valence-electron chi connectivity index (χ3n) is 3.23. The Morgan fingerprint density at radius 2 is 1.74 bits per heavy atom. The standard InChI is InChI=1S/C15H14F3NO3S/c1-9-7-10(16)5-6-14(9)23(21,22)19-8-13(20)15-11(17)3-2-4-12(15)18/h2-7,13,19-20H,8H2,1H3. The first-order chi connectivity index (χ1) is 10.7. The van der Waals surface area contributed by atoms with Crippen LogP contribution in [0.2, 0.25) is 0 Å². The Morgan fingerprint density at radius 1 is 1.13 bits per heavy atom. The van der Waals surface area contributed by atoms with Gasteiger partial charge >= 0.3 is 0 Å². The monoisotopic (exact) mass is 345 g/mol. The van der Waals surface area contributed by atoms with Crippen molar-refractivity contribution in [1.29, 1.82) is 0 Å². The van der Waals surface area contributed by atoms with Gasteiger partial charge in [0.1, 0.15) is 17.5 Å². The van der Waals surface area contributed by atoms with Crippen LogP contribution < -0.4 is 4.72 Å². The number of aliphatic hydroxyl groups excluding tert-OH is 1. The van der Waals surface area contributed by atoms with E-state index in [-0.39, 0.29) is 10.5 Å². The largest absolute Gasteiger partial charge is 0.387 e. The molecule has 0 bridgehead atoms. The molecule has 0 amide bonds. The van der Waals surface area contributed by atoms with E-state index in [0.29, 0.717) is 0 Å². The van der Waals surface area contributed by atoms with E-state index in [1.807, 2.05) is 0 Å². The maximum atomic E-state index is 13.5. The minimum absolute atomic E-state index is 0.170. The highest BCUT2D eigenvalue weighted by molar-refractivity contribution is 7.89. The molecule has 0 aliphatic heterocycles. The van der Waals surface area contributed by atoms with Crippen molar-refractivity contribution < 1.29 is 26.7 Å². The van der Waals surface area contributed by atoms with Gasteiger partial charge in [-0.25, -0.2) is 26.3 Å². The highest BCUT2D eigenvalue weighted by Gasteiger charge is 2.22. The Kier molecular flexibility index (Phi) is 5.08. The van der Waals surface area contributed by atoms with E-state index in [9.17, 15) is 26.7 Å². The molecular formula is C15H14F3NO3S. The van der Waals surface area contributed by atoms with Crippen LogP contribution in [0, 0.1) is 24.4 Å². The zero-order valence-electron chi connectivity index (χ0n) is 12.1. The minimum Gasteiger partial charge on any atom is -0.387 e. The van der Waals surface area contributed by atoms with Gasteiger partial charge in [-0.3, -0.25) is 0 Å². The Bertz CT molecular complexity index is 804. The van der Waals surface area contributed by atoms with E-state index in [2.05, 4.69) is 4.72 Å². The molecule has 0 saturated heterocycles. The van der Waals surface area contributed by atoms with Crippen molar-refractivity contribution >= 4 is 10.0 Å². The summed E-state index contributed by atoms with van der Waals surface area (Å²) in [5.74, 6) is -2.54. The zero-order chi connectivity index (χ0) is 17.2. The maximum Gasteiger partial charge on any atom is 0.240 e. The van der Waals surface area contributed by atoms with Crippen LogP contribution in [-0.2, 0) is 10.0 Å². The van der Waals surface area contributed by atoms with Crippen LogP contribution in [0.4, 0.5) is 13.2 Å². The molecule has 0 aromatic heterocycles. The van der Waals surface area contributed by atoms with E-state index < -0.39 is 45.7 Å². The molecule has 23 heavy (non-hydrogen) atoms. The van der Waals surface area contributed by atoms with Gasteiger partial charge in [0.15, 0.2) is 0 Å². The summed E-state index contributed by atoms with van der Waals surface area (Å²) in [5.41, 5.74) is -0.449. The lowest BCUT2D eigenvalue weighted by atomic mass is 10.1.